The van der Waals surface area contributed by atoms with E-state index in [1.54, 1.807) is 0 Å². The molecule has 0 bridgehead atoms. The van der Waals surface area contributed by atoms with Crippen LogP contribution in [0.1, 0.15) is 329 Å². The van der Waals surface area contributed by atoms with E-state index in [0.717, 1.165) is 122 Å². The Morgan fingerprint density at radius 2 is 0.719 bits per heavy atom. The number of phosphoric ester groups is 1. The fourth-order valence-electron chi connectivity index (χ4n) is 10.5. The fourth-order valence-corrected chi connectivity index (χ4v) is 11.2. The van der Waals surface area contributed by atoms with Gasteiger partial charge in [-0.15, -0.1) is 0 Å². The summed E-state index contributed by atoms with van der Waals surface area (Å²) in [6, 6.07) is -0.902. The number of nitrogens with zero attached hydrogens (tertiary/aromatic N) is 1. The SMILES string of the molecule is CC/C=C\C/C=C\C/C=C\C/C=C\C/C=C\C/C=C\CCCCCCCCC(=O)OC(/C=C/CCCCCCCCCCCCC)C(COP(=O)([O-])OCC[N+](C)(C)C)NC(=O)CCCCCCCCCCCCCCCCC/C=C\C/C=C\CCCCC. The van der Waals surface area contributed by atoms with Gasteiger partial charge in [-0.2, -0.15) is 0 Å². The average Bonchev–Trinajstić information content (AvgIpc) is 3.54. The van der Waals surface area contributed by atoms with E-state index in [-0.39, 0.29) is 24.9 Å². The number of allylic oxidation sites excluding steroid dienone is 17. The van der Waals surface area contributed by atoms with E-state index < -0.39 is 26.6 Å². The van der Waals surface area contributed by atoms with Gasteiger partial charge in [0.25, 0.3) is 7.82 Å². The number of quaternary nitrogens is 1. The number of hydrogen-bond donors (Lipinski definition) is 1. The molecule has 0 aliphatic rings. The first-order chi connectivity index (χ1) is 43.4. The second kappa shape index (κ2) is 67.6. The van der Waals surface area contributed by atoms with Crippen molar-refractivity contribution in [2.45, 2.75) is 341 Å². The third-order valence-electron chi connectivity index (χ3n) is 16.2. The second-order valence-electron chi connectivity index (χ2n) is 26.1. The molecule has 0 saturated heterocycles. The van der Waals surface area contributed by atoms with Crippen molar-refractivity contribution in [3.63, 3.8) is 0 Å². The van der Waals surface area contributed by atoms with Gasteiger partial charge in [0, 0.05) is 12.8 Å². The molecule has 0 heterocycles. The Kier molecular flexibility index (Phi) is 65.0. The lowest BCUT2D eigenvalue weighted by molar-refractivity contribution is -0.870. The second-order valence-corrected chi connectivity index (χ2v) is 27.5. The summed E-state index contributed by atoms with van der Waals surface area (Å²) in [6.45, 7) is 6.72. The van der Waals surface area contributed by atoms with Gasteiger partial charge in [-0.25, -0.2) is 0 Å². The van der Waals surface area contributed by atoms with Crippen molar-refractivity contribution in [2.24, 2.45) is 0 Å². The van der Waals surface area contributed by atoms with Crippen LogP contribution in [0.15, 0.2) is 109 Å². The van der Waals surface area contributed by atoms with E-state index in [1.807, 2.05) is 33.3 Å². The van der Waals surface area contributed by atoms with Gasteiger partial charge in [0.2, 0.25) is 5.91 Å². The summed E-state index contributed by atoms with van der Waals surface area (Å²) in [5.74, 6) is -0.553. The topological polar surface area (TPSA) is 114 Å². The molecule has 0 aromatic rings. The maximum absolute atomic E-state index is 13.6. The normalized spacial score (nSPS) is 14.1. The number of carbonyl (C=O) groups is 2. The number of likely N-dealkylation sites (N-methyl/N-ethyl adjacent to an activating group) is 1. The van der Waals surface area contributed by atoms with Crippen LogP contribution in [0.5, 0.6) is 0 Å². The van der Waals surface area contributed by atoms with Crippen LogP contribution < -0.4 is 10.2 Å². The van der Waals surface area contributed by atoms with Gasteiger partial charge in [0.15, 0.2) is 0 Å². The van der Waals surface area contributed by atoms with E-state index >= 15 is 0 Å². The number of hydrogen-bond acceptors (Lipinski definition) is 7. The summed E-state index contributed by atoms with van der Waals surface area (Å²) in [4.78, 5) is 40.3. The van der Waals surface area contributed by atoms with Crippen molar-refractivity contribution < 1.29 is 37.3 Å². The number of unbranched alkanes of at least 4 members (excludes halogenated alkanes) is 35. The summed E-state index contributed by atoms with van der Waals surface area (Å²) in [5, 5.41) is 3.05. The van der Waals surface area contributed by atoms with Crippen molar-refractivity contribution in [1.29, 1.82) is 0 Å². The van der Waals surface area contributed by atoms with Crippen LogP contribution in [0.2, 0.25) is 0 Å². The molecule has 0 aliphatic carbocycles. The molecule has 9 nitrogen and oxygen atoms in total. The Balaban J connectivity index is 5.09. The van der Waals surface area contributed by atoms with Gasteiger partial charge in [0.1, 0.15) is 19.3 Å². The smallest absolute Gasteiger partial charge is 0.306 e. The van der Waals surface area contributed by atoms with Gasteiger partial charge >= 0.3 is 5.97 Å². The number of ether oxygens (including phenoxy) is 1. The molecule has 3 unspecified atom stereocenters. The van der Waals surface area contributed by atoms with Gasteiger partial charge in [-0.05, 0) is 115 Å². The van der Waals surface area contributed by atoms with Crippen LogP contribution in [0.3, 0.4) is 0 Å². The van der Waals surface area contributed by atoms with Crippen LogP contribution in [-0.2, 0) is 27.9 Å². The lowest BCUT2D eigenvalue weighted by Crippen LogP contribution is -2.47. The maximum atomic E-state index is 13.6. The molecule has 0 saturated carbocycles. The molecule has 0 aliphatic heterocycles. The van der Waals surface area contributed by atoms with Gasteiger partial charge in [0.05, 0.1) is 33.8 Å². The minimum Gasteiger partial charge on any atom is -0.756 e. The number of carbonyl (C=O) groups excluding carboxylic acids is 2. The molecule has 0 aromatic heterocycles. The molecule has 0 radical (unpaired) electrons. The van der Waals surface area contributed by atoms with E-state index in [1.165, 1.54) is 167 Å². The Labute approximate surface area is 551 Å². The molecule has 0 rings (SSSR count). The quantitative estimate of drug-likeness (QED) is 0.0212. The third-order valence-corrected chi connectivity index (χ3v) is 17.2. The standard InChI is InChI=1S/C79H141N2O7P/c1-7-10-13-16-19-22-25-28-30-32-34-36-38-40-42-44-46-48-50-53-56-59-62-65-68-71-78(82)80-76(75-87-89(84,85)86-74-73-81(4,5)6)77(70-67-64-61-58-55-52-27-24-21-18-15-12-9-3)88-79(83)72-69-66-63-60-57-54-51-49-47-45-43-41-39-37-35-33-31-29-26-23-20-17-14-11-8-2/h11,14,19-20,22-23,28-31,35,37,41,43,47,49,67,70,76-77H,7-10,12-13,15-18,21,24-27,32-34,36,38-40,42,44-46,48,50-66,68-69,71-75H2,1-6H3,(H-,80,82,84,85)/b14-11-,22-19-,23-20-,30-28-,31-29-,37-35-,43-41-,49-47-,70-67+. The molecule has 514 valence electrons. The number of nitrogens with one attached hydrogen (secondary N) is 1. The summed E-state index contributed by atoms with van der Waals surface area (Å²) in [7, 11) is 1.17. The highest BCUT2D eigenvalue weighted by Gasteiger charge is 2.27. The highest BCUT2D eigenvalue weighted by atomic mass is 31.2. The zero-order valence-corrected chi connectivity index (χ0v) is 59.8. The van der Waals surface area contributed by atoms with E-state index in [2.05, 4.69) is 123 Å². The summed E-state index contributed by atoms with van der Waals surface area (Å²) >= 11 is 0. The summed E-state index contributed by atoms with van der Waals surface area (Å²) in [5.41, 5.74) is 0. The largest absolute Gasteiger partial charge is 0.756 e. The lowest BCUT2D eigenvalue weighted by atomic mass is 10.0. The van der Waals surface area contributed by atoms with Crippen LogP contribution in [0, 0.1) is 0 Å². The summed E-state index contributed by atoms with van der Waals surface area (Å²) < 4.78 is 30.5. The highest BCUT2D eigenvalue weighted by Crippen LogP contribution is 2.38. The number of amides is 1. The molecule has 3 atom stereocenters. The highest BCUT2D eigenvalue weighted by molar-refractivity contribution is 7.45. The third kappa shape index (κ3) is 68.9. The molecule has 0 aromatic carbocycles. The minimum atomic E-state index is -4.72. The van der Waals surface area contributed by atoms with Crippen molar-refractivity contribution in [1.82, 2.24) is 5.32 Å². The van der Waals surface area contributed by atoms with Crippen LogP contribution in [0.4, 0.5) is 0 Å². The zero-order valence-electron chi connectivity index (χ0n) is 58.9. The van der Waals surface area contributed by atoms with Gasteiger partial charge in [-0.1, -0.05) is 310 Å². The Hall–Kier alpha value is -3.33. The van der Waals surface area contributed by atoms with E-state index in [0.29, 0.717) is 23.9 Å². The Bertz CT molecular complexity index is 1890. The van der Waals surface area contributed by atoms with Crippen molar-refractivity contribution in [3.05, 3.63) is 109 Å². The summed E-state index contributed by atoms with van der Waals surface area (Å²) in [6.07, 6.45) is 93.5. The minimum absolute atomic E-state index is 0.0287. The first-order valence-corrected chi connectivity index (χ1v) is 38.7. The monoisotopic (exact) mass is 1260 g/mol. The average molecular weight is 1260 g/mol. The predicted octanol–water partition coefficient (Wildman–Crippen LogP) is 23.4. The van der Waals surface area contributed by atoms with Crippen LogP contribution in [0.25, 0.3) is 0 Å². The number of phosphoric acid groups is 1. The zero-order chi connectivity index (χ0) is 64.9. The van der Waals surface area contributed by atoms with Gasteiger partial charge in [-0.3, -0.25) is 14.2 Å². The molecule has 0 spiro atoms. The molecule has 89 heavy (non-hydrogen) atoms. The number of esters is 1. The van der Waals surface area contributed by atoms with Crippen molar-refractivity contribution in [3.8, 4) is 0 Å². The molecule has 1 amide bonds. The Morgan fingerprint density at radius 3 is 1.10 bits per heavy atom. The van der Waals surface area contributed by atoms with Crippen molar-refractivity contribution in [2.75, 3.05) is 40.9 Å². The Morgan fingerprint density at radius 1 is 0.404 bits per heavy atom. The fraction of sp³-hybridized carbons (Fsp3) is 0.747. The van der Waals surface area contributed by atoms with Crippen molar-refractivity contribution >= 4 is 19.7 Å². The van der Waals surface area contributed by atoms with E-state index in [4.69, 9.17) is 13.8 Å². The first kappa shape index (κ1) is 85.7. The van der Waals surface area contributed by atoms with Crippen LogP contribution >= 0.6 is 7.82 Å². The first-order valence-electron chi connectivity index (χ1n) is 37.2. The molecular formula is C79H141N2O7P. The predicted molar refractivity (Wildman–Crippen MR) is 385 cm³/mol. The van der Waals surface area contributed by atoms with Crippen LogP contribution in [-0.4, -0.2) is 69.4 Å². The molecular weight excluding hydrogens is 1120 g/mol. The van der Waals surface area contributed by atoms with Gasteiger partial charge < -0.3 is 28.5 Å². The molecule has 0 fully saturated rings. The molecule has 10 heteroatoms. The number of rotatable bonds is 67. The van der Waals surface area contributed by atoms with E-state index in [9.17, 15) is 19.0 Å². The lowest BCUT2D eigenvalue weighted by Gasteiger charge is -2.30. The molecule has 1 N–H and O–H groups in total. The maximum Gasteiger partial charge on any atom is 0.306 e.